The van der Waals surface area contributed by atoms with Crippen LogP contribution in [0, 0.1) is 5.82 Å². The topological polar surface area (TPSA) is 32.3 Å². The molecule has 2 N–H and O–H groups in total. The van der Waals surface area contributed by atoms with E-state index in [9.17, 15) is 9.50 Å². The van der Waals surface area contributed by atoms with Crippen LogP contribution in [0.4, 0.5) is 4.39 Å². The Bertz CT molecular complexity index is 338. The van der Waals surface area contributed by atoms with E-state index in [1.807, 2.05) is 6.07 Å². The summed E-state index contributed by atoms with van der Waals surface area (Å²) in [5.74, 6) is -0.205. The van der Waals surface area contributed by atoms with Crippen molar-refractivity contribution < 1.29 is 9.50 Å². The quantitative estimate of drug-likeness (QED) is 0.771. The normalized spacial score (nSPS) is 17.4. The highest BCUT2D eigenvalue weighted by Gasteiger charge is 2.21. The predicted molar refractivity (Wildman–Crippen MR) is 61.8 cm³/mol. The van der Waals surface area contributed by atoms with Crippen LogP contribution in [-0.4, -0.2) is 23.8 Å². The first-order valence-electron chi connectivity index (χ1n) is 5.90. The van der Waals surface area contributed by atoms with Gasteiger partial charge in [-0.2, -0.15) is 0 Å². The van der Waals surface area contributed by atoms with Crippen molar-refractivity contribution in [3.05, 3.63) is 35.6 Å². The molecule has 1 unspecified atom stereocenters. The Labute approximate surface area is 95.5 Å². The van der Waals surface area contributed by atoms with Crippen LogP contribution < -0.4 is 5.32 Å². The van der Waals surface area contributed by atoms with Crippen LogP contribution in [0.1, 0.15) is 24.8 Å². The number of aryl methyl sites for hydroxylation is 1. The third-order valence-electron chi connectivity index (χ3n) is 2.87. The average molecular weight is 223 g/mol. The van der Waals surface area contributed by atoms with Gasteiger partial charge in [0.25, 0.3) is 0 Å². The Morgan fingerprint density at radius 3 is 2.94 bits per heavy atom. The van der Waals surface area contributed by atoms with Crippen molar-refractivity contribution in [2.75, 3.05) is 6.54 Å². The Morgan fingerprint density at radius 2 is 2.25 bits per heavy atom. The fraction of sp³-hybridized carbons (Fsp3) is 0.538. The second-order valence-corrected chi connectivity index (χ2v) is 4.50. The Balaban J connectivity index is 1.69. The van der Waals surface area contributed by atoms with Crippen molar-refractivity contribution in [2.45, 2.75) is 37.8 Å². The average Bonchev–Trinajstić information content (AvgIpc) is 3.07. The highest BCUT2D eigenvalue weighted by molar-refractivity contribution is 5.16. The van der Waals surface area contributed by atoms with Crippen LogP contribution in [0.3, 0.4) is 0 Å². The number of hydrogen-bond donors (Lipinski definition) is 2. The highest BCUT2D eigenvalue weighted by atomic mass is 19.1. The van der Waals surface area contributed by atoms with Gasteiger partial charge < -0.3 is 10.4 Å². The molecule has 88 valence electrons. The van der Waals surface area contributed by atoms with Gasteiger partial charge in [-0.3, -0.25) is 0 Å². The van der Waals surface area contributed by atoms with E-state index in [4.69, 9.17) is 0 Å². The van der Waals surface area contributed by atoms with E-state index < -0.39 is 0 Å². The summed E-state index contributed by atoms with van der Waals surface area (Å²) in [6.45, 7) is 0.653. The van der Waals surface area contributed by atoms with Crippen molar-refractivity contribution in [1.29, 1.82) is 0 Å². The molecule has 0 aliphatic heterocycles. The van der Waals surface area contributed by atoms with Crippen molar-refractivity contribution >= 4 is 0 Å². The van der Waals surface area contributed by atoms with E-state index >= 15 is 0 Å². The van der Waals surface area contributed by atoms with Crippen LogP contribution in [0.15, 0.2) is 24.3 Å². The lowest BCUT2D eigenvalue weighted by molar-refractivity contribution is 0.161. The van der Waals surface area contributed by atoms with Gasteiger partial charge in [-0.05, 0) is 43.4 Å². The molecule has 0 spiro atoms. The maximum absolute atomic E-state index is 12.9. The number of halogens is 1. The van der Waals surface area contributed by atoms with Gasteiger partial charge in [0, 0.05) is 12.6 Å². The second-order valence-electron chi connectivity index (χ2n) is 4.50. The van der Waals surface area contributed by atoms with Crippen LogP contribution in [0.2, 0.25) is 0 Å². The predicted octanol–water partition coefficient (Wildman–Crippen LogP) is 1.87. The zero-order valence-electron chi connectivity index (χ0n) is 9.32. The minimum Gasteiger partial charge on any atom is -0.392 e. The van der Waals surface area contributed by atoms with E-state index in [0.717, 1.165) is 12.0 Å². The molecule has 0 radical (unpaired) electrons. The largest absolute Gasteiger partial charge is 0.392 e. The smallest absolute Gasteiger partial charge is 0.123 e. The molecule has 0 heterocycles. The molecule has 0 bridgehead atoms. The minimum absolute atomic E-state index is 0.205. The molecule has 1 atom stereocenters. The van der Waals surface area contributed by atoms with E-state index in [0.29, 0.717) is 19.0 Å². The molecule has 0 aromatic heterocycles. The molecule has 1 aromatic carbocycles. The summed E-state index contributed by atoms with van der Waals surface area (Å²) in [4.78, 5) is 0. The van der Waals surface area contributed by atoms with Gasteiger partial charge in [0.2, 0.25) is 0 Å². The maximum Gasteiger partial charge on any atom is 0.123 e. The second kappa shape index (κ2) is 5.41. The molecular weight excluding hydrogens is 205 g/mol. The van der Waals surface area contributed by atoms with Crippen molar-refractivity contribution in [1.82, 2.24) is 5.32 Å². The Kier molecular flexibility index (Phi) is 3.91. The lowest BCUT2D eigenvalue weighted by atomic mass is 10.1. The molecule has 1 saturated carbocycles. The fourth-order valence-corrected chi connectivity index (χ4v) is 1.72. The molecular formula is C13H18FNO. The van der Waals surface area contributed by atoms with Gasteiger partial charge in [0.15, 0.2) is 0 Å². The highest BCUT2D eigenvalue weighted by Crippen LogP contribution is 2.18. The van der Waals surface area contributed by atoms with E-state index in [1.165, 1.54) is 25.0 Å². The third kappa shape index (κ3) is 3.91. The zero-order chi connectivity index (χ0) is 11.4. The number of rotatable bonds is 6. The molecule has 0 saturated heterocycles. The summed E-state index contributed by atoms with van der Waals surface area (Å²) >= 11 is 0. The van der Waals surface area contributed by atoms with Gasteiger partial charge >= 0.3 is 0 Å². The molecule has 2 nitrogen and oxygen atoms in total. The van der Waals surface area contributed by atoms with Crippen molar-refractivity contribution in [3.8, 4) is 0 Å². The first-order chi connectivity index (χ1) is 7.74. The van der Waals surface area contributed by atoms with Gasteiger partial charge in [0.1, 0.15) is 5.82 Å². The first-order valence-corrected chi connectivity index (χ1v) is 5.90. The SMILES string of the molecule is OC(CCc1cccc(F)c1)CNC1CC1. The zero-order valence-corrected chi connectivity index (χ0v) is 9.32. The lowest BCUT2D eigenvalue weighted by Gasteiger charge is -2.11. The van der Waals surface area contributed by atoms with Crippen molar-refractivity contribution in [2.24, 2.45) is 0 Å². The molecule has 1 aliphatic carbocycles. The Morgan fingerprint density at radius 1 is 1.44 bits per heavy atom. The number of aliphatic hydroxyl groups is 1. The summed E-state index contributed by atoms with van der Waals surface area (Å²) in [5.41, 5.74) is 0.950. The standard InChI is InChI=1S/C13H18FNO/c14-11-3-1-2-10(8-11)4-7-13(16)9-15-12-5-6-12/h1-3,8,12-13,15-16H,4-7,9H2. The number of aliphatic hydroxyl groups excluding tert-OH is 1. The third-order valence-corrected chi connectivity index (χ3v) is 2.87. The summed E-state index contributed by atoms with van der Waals surface area (Å²) in [6, 6.07) is 7.20. The maximum atomic E-state index is 12.9. The van der Waals surface area contributed by atoms with Gasteiger partial charge in [0.05, 0.1) is 6.10 Å². The Hall–Kier alpha value is -0.930. The van der Waals surface area contributed by atoms with E-state index in [-0.39, 0.29) is 11.9 Å². The van der Waals surface area contributed by atoms with Crippen LogP contribution in [-0.2, 0) is 6.42 Å². The van der Waals surface area contributed by atoms with Crippen LogP contribution in [0.5, 0.6) is 0 Å². The van der Waals surface area contributed by atoms with Crippen LogP contribution >= 0.6 is 0 Å². The number of nitrogens with one attached hydrogen (secondary N) is 1. The summed E-state index contributed by atoms with van der Waals surface area (Å²) in [6.07, 6.45) is 3.55. The molecule has 1 aromatic rings. The minimum atomic E-state index is -0.330. The van der Waals surface area contributed by atoms with Gasteiger partial charge in [-0.1, -0.05) is 12.1 Å². The van der Waals surface area contributed by atoms with Crippen LogP contribution in [0.25, 0.3) is 0 Å². The molecule has 1 aliphatic rings. The van der Waals surface area contributed by atoms with E-state index in [2.05, 4.69) is 5.32 Å². The summed E-state index contributed by atoms with van der Waals surface area (Å²) < 4.78 is 12.9. The van der Waals surface area contributed by atoms with Gasteiger partial charge in [-0.15, -0.1) is 0 Å². The fourth-order valence-electron chi connectivity index (χ4n) is 1.72. The van der Waals surface area contributed by atoms with E-state index in [1.54, 1.807) is 6.07 Å². The molecule has 16 heavy (non-hydrogen) atoms. The summed E-state index contributed by atoms with van der Waals surface area (Å²) in [5, 5.41) is 13.0. The number of benzene rings is 1. The molecule has 2 rings (SSSR count). The van der Waals surface area contributed by atoms with Crippen molar-refractivity contribution in [3.63, 3.8) is 0 Å². The first kappa shape index (κ1) is 11.6. The molecule has 3 heteroatoms. The monoisotopic (exact) mass is 223 g/mol. The van der Waals surface area contributed by atoms with Gasteiger partial charge in [-0.25, -0.2) is 4.39 Å². The summed E-state index contributed by atoms with van der Waals surface area (Å²) in [7, 11) is 0. The lowest BCUT2D eigenvalue weighted by Crippen LogP contribution is -2.28. The molecule has 1 fully saturated rings. The molecule has 0 amide bonds. The number of hydrogen-bond acceptors (Lipinski definition) is 2.